The molecule has 1 aliphatic heterocycles. The molecular formula is C18H36N2. The zero-order chi connectivity index (χ0) is 14.4. The van der Waals surface area contributed by atoms with Crippen LogP contribution in [0, 0.1) is 17.8 Å². The van der Waals surface area contributed by atoms with Gasteiger partial charge in [-0.2, -0.15) is 0 Å². The molecule has 0 spiro atoms. The molecule has 1 aliphatic carbocycles. The van der Waals surface area contributed by atoms with Gasteiger partial charge in [-0.05, 0) is 64.0 Å². The predicted molar refractivity (Wildman–Crippen MR) is 88.0 cm³/mol. The Balaban J connectivity index is 1.83. The third-order valence-electron chi connectivity index (χ3n) is 5.71. The molecule has 0 amide bonds. The van der Waals surface area contributed by atoms with Crippen LogP contribution in [0.2, 0.25) is 0 Å². The molecule has 2 rings (SSSR count). The summed E-state index contributed by atoms with van der Waals surface area (Å²) >= 11 is 0. The van der Waals surface area contributed by atoms with Gasteiger partial charge in [-0.25, -0.2) is 0 Å². The van der Waals surface area contributed by atoms with E-state index in [9.17, 15) is 0 Å². The summed E-state index contributed by atoms with van der Waals surface area (Å²) < 4.78 is 0. The summed E-state index contributed by atoms with van der Waals surface area (Å²) in [4.78, 5) is 0. The number of nitrogens with one attached hydrogen (secondary N) is 2. The molecule has 0 aromatic rings. The van der Waals surface area contributed by atoms with Gasteiger partial charge in [-0.3, -0.25) is 0 Å². The first-order valence-corrected chi connectivity index (χ1v) is 9.09. The number of rotatable bonds is 6. The number of hydrogen-bond donors (Lipinski definition) is 2. The Morgan fingerprint density at radius 2 is 1.75 bits per heavy atom. The average Bonchev–Trinajstić information content (AvgIpc) is 2.44. The fraction of sp³-hybridized carbons (Fsp3) is 1.00. The third-order valence-corrected chi connectivity index (χ3v) is 5.71. The number of piperidine rings is 1. The van der Waals surface area contributed by atoms with Crippen LogP contribution in [0.15, 0.2) is 0 Å². The van der Waals surface area contributed by atoms with Gasteiger partial charge in [0.25, 0.3) is 0 Å². The van der Waals surface area contributed by atoms with Gasteiger partial charge >= 0.3 is 0 Å². The molecule has 1 saturated heterocycles. The van der Waals surface area contributed by atoms with E-state index in [-0.39, 0.29) is 0 Å². The van der Waals surface area contributed by atoms with Crippen LogP contribution >= 0.6 is 0 Å². The Bertz CT molecular complexity index is 260. The fourth-order valence-electron chi connectivity index (χ4n) is 4.43. The molecule has 4 atom stereocenters. The Morgan fingerprint density at radius 3 is 2.45 bits per heavy atom. The van der Waals surface area contributed by atoms with E-state index < -0.39 is 0 Å². The highest BCUT2D eigenvalue weighted by atomic mass is 15.0. The minimum atomic E-state index is 0.723. The molecule has 1 saturated carbocycles. The first kappa shape index (κ1) is 16.3. The lowest BCUT2D eigenvalue weighted by atomic mass is 9.78. The quantitative estimate of drug-likeness (QED) is 0.769. The van der Waals surface area contributed by atoms with Gasteiger partial charge in [-0.1, -0.05) is 39.0 Å². The normalized spacial score (nSPS) is 34.0. The molecule has 2 fully saturated rings. The first-order chi connectivity index (χ1) is 9.69. The molecule has 4 unspecified atom stereocenters. The van der Waals surface area contributed by atoms with Crippen LogP contribution in [0.25, 0.3) is 0 Å². The Labute approximate surface area is 126 Å². The monoisotopic (exact) mass is 280 g/mol. The second-order valence-corrected chi connectivity index (χ2v) is 7.63. The predicted octanol–water partition coefficient (Wildman–Crippen LogP) is 3.96. The van der Waals surface area contributed by atoms with Crippen LogP contribution < -0.4 is 10.6 Å². The molecule has 118 valence electrons. The third kappa shape index (κ3) is 5.04. The summed E-state index contributed by atoms with van der Waals surface area (Å²) in [5.74, 6) is 2.74. The lowest BCUT2D eigenvalue weighted by molar-refractivity contribution is 0.195. The smallest absolute Gasteiger partial charge is 0.00982 e. The van der Waals surface area contributed by atoms with E-state index in [2.05, 4.69) is 31.5 Å². The first-order valence-electron chi connectivity index (χ1n) is 9.09. The van der Waals surface area contributed by atoms with E-state index in [4.69, 9.17) is 0 Å². The van der Waals surface area contributed by atoms with Gasteiger partial charge in [0.2, 0.25) is 0 Å². The summed E-state index contributed by atoms with van der Waals surface area (Å²) in [6, 6.07) is 1.47. The summed E-state index contributed by atoms with van der Waals surface area (Å²) in [5, 5.41) is 7.31. The van der Waals surface area contributed by atoms with Crippen LogP contribution in [-0.4, -0.2) is 25.7 Å². The van der Waals surface area contributed by atoms with E-state index >= 15 is 0 Å². The van der Waals surface area contributed by atoms with Crippen molar-refractivity contribution in [2.24, 2.45) is 17.8 Å². The van der Waals surface area contributed by atoms with Crippen LogP contribution in [0.4, 0.5) is 0 Å². The summed E-state index contributed by atoms with van der Waals surface area (Å²) in [6.45, 7) is 6.00. The Kier molecular flexibility index (Phi) is 6.83. The van der Waals surface area contributed by atoms with Crippen LogP contribution in [-0.2, 0) is 0 Å². The van der Waals surface area contributed by atoms with Crippen molar-refractivity contribution in [3.63, 3.8) is 0 Å². The maximum absolute atomic E-state index is 3.86. The minimum absolute atomic E-state index is 0.723. The maximum atomic E-state index is 3.86. The summed E-state index contributed by atoms with van der Waals surface area (Å²) in [7, 11) is 2.12. The highest BCUT2D eigenvalue weighted by molar-refractivity contribution is 4.85. The number of hydrogen-bond acceptors (Lipinski definition) is 2. The van der Waals surface area contributed by atoms with E-state index in [0.29, 0.717) is 0 Å². The van der Waals surface area contributed by atoms with Gasteiger partial charge < -0.3 is 10.6 Å². The van der Waals surface area contributed by atoms with E-state index in [1.807, 2.05) is 0 Å². The van der Waals surface area contributed by atoms with E-state index in [0.717, 1.165) is 29.8 Å². The van der Waals surface area contributed by atoms with Gasteiger partial charge in [0, 0.05) is 12.1 Å². The molecule has 0 radical (unpaired) electrons. The molecule has 0 bridgehead atoms. The molecule has 1 heterocycles. The van der Waals surface area contributed by atoms with Crippen molar-refractivity contribution in [3.8, 4) is 0 Å². The van der Waals surface area contributed by atoms with Gasteiger partial charge in [0.1, 0.15) is 0 Å². The lowest BCUT2D eigenvalue weighted by Gasteiger charge is -2.37. The van der Waals surface area contributed by atoms with Crippen molar-refractivity contribution in [1.82, 2.24) is 10.6 Å². The summed E-state index contributed by atoms with van der Waals surface area (Å²) in [5.41, 5.74) is 0. The van der Waals surface area contributed by atoms with Crippen LogP contribution in [0.1, 0.15) is 71.6 Å². The van der Waals surface area contributed by atoms with Crippen molar-refractivity contribution in [1.29, 1.82) is 0 Å². The standard InChI is InChI=1S/C18H36N2/c1-14-9-10-15(2)20-18(14)12-17(13-19-3)11-16-7-5-4-6-8-16/h14-20H,4-13H2,1-3H3. The zero-order valence-corrected chi connectivity index (χ0v) is 14.0. The van der Waals surface area contributed by atoms with Gasteiger partial charge in [0.15, 0.2) is 0 Å². The van der Waals surface area contributed by atoms with E-state index in [1.165, 1.54) is 64.3 Å². The topological polar surface area (TPSA) is 24.1 Å². The largest absolute Gasteiger partial charge is 0.319 e. The Morgan fingerprint density at radius 1 is 1.00 bits per heavy atom. The SMILES string of the molecule is CNCC(CC1CCCCC1)CC1NC(C)CCC1C. The average molecular weight is 280 g/mol. The fourth-order valence-corrected chi connectivity index (χ4v) is 4.43. The lowest BCUT2D eigenvalue weighted by Crippen LogP contribution is -2.47. The maximum Gasteiger partial charge on any atom is 0.00982 e. The van der Waals surface area contributed by atoms with Crippen molar-refractivity contribution in [3.05, 3.63) is 0 Å². The second-order valence-electron chi connectivity index (χ2n) is 7.63. The van der Waals surface area contributed by atoms with Crippen molar-refractivity contribution in [2.75, 3.05) is 13.6 Å². The minimum Gasteiger partial charge on any atom is -0.319 e. The van der Waals surface area contributed by atoms with Gasteiger partial charge in [-0.15, -0.1) is 0 Å². The second kappa shape index (κ2) is 8.38. The molecule has 0 aromatic heterocycles. The van der Waals surface area contributed by atoms with Crippen molar-refractivity contribution in [2.45, 2.75) is 83.7 Å². The molecule has 2 aliphatic rings. The Hall–Kier alpha value is -0.0800. The molecule has 0 aromatic carbocycles. The molecule has 2 nitrogen and oxygen atoms in total. The van der Waals surface area contributed by atoms with Crippen LogP contribution in [0.5, 0.6) is 0 Å². The highest BCUT2D eigenvalue weighted by Gasteiger charge is 2.28. The summed E-state index contributed by atoms with van der Waals surface area (Å²) in [6.07, 6.45) is 13.0. The van der Waals surface area contributed by atoms with Gasteiger partial charge in [0.05, 0.1) is 0 Å². The van der Waals surface area contributed by atoms with E-state index in [1.54, 1.807) is 0 Å². The zero-order valence-electron chi connectivity index (χ0n) is 14.0. The highest BCUT2D eigenvalue weighted by Crippen LogP contribution is 2.32. The molecule has 2 heteroatoms. The van der Waals surface area contributed by atoms with Crippen molar-refractivity contribution >= 4 is 0 Å². The molecule has 20 heavy (non-hydrogen) atoms. The molecular weight excluding hydrogens is 244 g/mol. The van der Waals surface area contributed by atoms with Crippen LogP contribution in [0.3, 0.4) is 0 Å². The van der Waals surface area contributed by atoms with Crippen molar-refractivity contribution < 1.29 is 0 Å². The molecule has 2 N–H and O–H groups in total.